The van der Waals surface area contributed by atoms with E-state index in [9.17, 15) is 0 Å². The second kappa shape index (κ2) is 3.99. The normalized spacial score (nSPS) is 9.46. The summed E-state index contributed by atoms with van der Waals surface area (Å²) in [5.74, 6) is 0. The van der Waals surface area contributed by atoms with E-state index in [-0.39, 0.29) is 0 Å². The van der Waals surface area contributed by atoms with Crippen LogP contribution in [0.15, 0.2) is 30.8 Å². The summed E-state index contributed by atoms with van der Waals surface area (Å²) < 4.78 is 0. The maximum Gasteiger partial charge on any atom is 0.0361 e. The van der Waals surface area contributed by atoms with Crippen LogP contribution < -0.4 is 5.32 Å². The SMILES string of the molecule is C=C(c1ccc(NC)cc1)N(C)C. The van der Waals surface area contributed by atoms with Crippen LogP contribution in [0.3, 0.4) is 0 Å². The molecular formula is C11H16N2. The van der Waals surface area contributed by atoms with Gasteiger partial charge >= 0.3 is 0 Å². The fourth-order valence-electron chi connectivity index (χ4n) is 1.09. The molecule has 0 amide bonds. The summed E-state index contributed by atoms with van der Waals surface area (Å²) in [4.78, 5) is 2.01. The molecule has 0 bridgehead atoms. The van der Waals surface area contributed by atoms with Crippen molar-refractivity contribution in [3.05, 3.63) is 36.4 Å². The molecule has 70 valence electrons. The van der Waals surface area contributed by atoms with E-state index in [2.05, 4.69) is 24.0 Å². The zero-order chi connectivity index (χ0) is 9.84. The van der Waals surface area contributed by atoms with Gasteiger partial charge in [-0.2, -0.15) is 0 Å². The average Bonchev–Trinajstić information content (AvgIpc) is 2.17. The molecule has 0 heterocycles. The van der Waals surface area contributed by atoms with Crippen molar-refractivity contribution in [2.75, 3.05) is 26.5 Å². The molecule has 0 aromatic heterocycles. The average molecular weight is 176 g/mol. The fourth-order valence-corrected chi connectivity index (χ4v) is 1.09. The van der Waals surface area contributed by atoms with Crippen LogP contribution in [0.1, 0.15) is 5.56 Å². The van der Waals surface area contributed by atoms with Crippen LogP contribution in [0.5, 0.6) is 0 Å². The van der Waals surface area contributed by atoms with Crippen LogP contribution >= 0.6 is 0 Å². The molecule has 0 radical (unpaired) electrons. The Hall–Kier alpha value is -1.44. The molecule has 0 aliphatic rings. The molecule has 0 atom stereocenters. The van der Waals surface area contributed by atoms with E-state index >= 15 is 0 Å². The number of benzene rings is 1. The van der Waals surface area contributed by atoms with Gasteiger partial charge in [0.1, 0.15) is 0 Å². The third-order valence-electron chi connectivity index (χ3n) is 2.05. The molecule has 0 saturated heterocycles. The predicted molar refractivity (Wildman–Crippen MR) is 58.7 cm³/mol. The van der Waals surface area contributed by atoms with Crippen LogP contribution in [0, 0.1) is 0 Å². The molecule has 0 spiro atoms. The Morgan fingerprint density at radius 1 is 1.23 bits per heavy atom. The van der Waals surface area contributed by atoms with Gasteiger partial charge in [-0.15, -0.1) is 0 Å². The van der Waals surface area contributed by atoms with Crippen LogP contribution in [0.25, 0.3) is 5.70 Å². The highest BCUT2D eigenvalue weighted by atomic mass is 15.1. The first kappa shape index (κ1) is 9.65. The van der Waals surface area contributed by atoms with Gasteiger partial charge in [0.15, 0.2) is 0 Å². The molecule has 0 unspecified atom stereocenters. The molecule has 13 heavy (non-hydrogen) atoms. The highest BCUT2D eigenvalue weighted by molar-refractivity contribution is 5.63. The van der Waals surface area contributed by atoms with Crippen LogP contribution in [0.2, 0.25) is 0 Å². The number of nitrogens with zero attached hydrogens (tertiary/aromatic N) is 1. The third kappa shape index (κ3) is 2.25. The highest BCUT2D eigenvalue weighted by Gasteiger charge is 1.99. The van der Waals surface area contributed by atoms with Crippen molar-refractivity contribution in [3.8, 4) is 0 Å². The maximum atomic E-state index is 3.99. The molecule has 1 N–H and O–H groups in total. The van der Waals surface area contributed by atoms with Crippen molar-refractivity contribution >= 4 is 11.4 Å². The van der Waals surface area contributed by atoms with Gasteiger partial charge in [0.05, 0.1) is 0 Å². The summed E-state index contributed by atoms with van der Waals surface area (Å²) in [5.41, 5.74) is 3.31. The first-order valence-electron chi connectivity index (χ1n) is 4.29. The van der Waals surface area contributed by atoms with Crippen LogP contribution in [0.4, 0.5) is 5.69 Å². The molecule has 1 aromatic rings. The standard InChI is InChI=1S/C11H16N2/c1-9(13(3)4)10-5-7-11(12-2)8-6-10/h5-8,12H,1H2,2-4H3. The van der Waals surface area contributed by atoms with Crippen molar-refractivity contribution in [3.63, 3.8) is 0 Å². The van der Waals surface area contributed by atoms with Gasteiger partial charge in [0.25, 0.3) is 0 Å². The topological polar surface area (TPSA) is 15.3 Å². The summed E-state index contributed by atoms with van der Waals surface area (Å²) in [6.07, 6.45) is 0. The van der Waals surface area contributed by atoms with E-state index in [1.54, 1.807) is 0 Å². The Bertz CT molecular complexity index is 285. The number of nitrogens with one attached hydrogen (secondary N) is 1. The second-order valence-electron chi connectivity index (χ2n) is 3.17. The Labute approximate surface area is 79.9 Å². The minimum absolute atomic E-state index is 1.03. The molecular weight excluding hydrogens is 160 g/mol. The second-order valence-corrected chi connectivity index (χ2v) is 3.17. The van der Waals surface area contributed by atoms with Crippen molar-refractivity contribution in [2.24, 2.45) is 0 Å². The largest absolute Gasteiger partial charge is 0.388 e. The monoisotopic (exact) mass is 176 g/mol. The number of hydrogen-bond donors (Lipinski definition) is 1. The zero-order valence-electron chi connectivity index (χ0n) is 8.46. The van der Waals surface area contributed by atoms with Gasteiger partial charge < -0.3 is 10.2 Å². The molecule has 0 aliphatic carbocycles. The van der Waals surface area contributed by atoms with Crippen molar-refractivity contribution in [1.29, 1.82) is 0 Å². The van der Waals surface area contributed by atoms with Crippen molar-refractivity contribution in [2.45, 2.75) is 0 Å². The first-order chi connectivity index (χ1) is 6.15. The van der Waals surface area contributed by atoms with Gasteiger partial charge in [0.2, 0.25) is 0 Å². The lowest BCUT2D eigenvalue weighted by Gasteiger charge is -2.15. The number of rotatable bonds is 3. The molecule has 0 saturated carbocycles. The summed E-state index contributed by atoms with van der Waals surface area (Å²) >= 11 is 0. The Morgan fingerprint density at radius 3 is 2.15 bits per heavy atom. The maximum absolute atomic E-state index is 3.99. The van der Waals surface area contributed by atoms with Crippen molar-refractivity contribution < 1.29 is 0 Å². The van der Waals surface area contributed by atoms with Crippen LogP contribution in [-0.2, 0) is 0 Å². The number of hydrogen-bond acceptors (Lipinski definition) is 2. The smallest absolute Gasteiger partial charge is 0.0361 e. The number of anilines is 1. The lowest BCUT2D eigenvalue weighted by molar-refractivity contribution is 0.593. The van der Waals surface area contributed by atoms with Gasteiger partial charge in [-0.25, -0.2) is 0 Å². The molecule has 1 rings (SSSR count). The lowest BCUT2D eigenvalue weighted by atomic mass is 10.1. The molecule has 2 heteroatoms. The van der Waals surface area contributed by atoms with E-state index < -0.39 is 0 Å². The summed E-state index contributed by atoms with van der Waals surface area (Å²) in [5, 5.41) is 3.08. The zero-order valence-corrected chi connectivity index (χ0v) is 8.46. The third-order valence-corrected chi connectivity index (χ3v) is 2.05. The molecule has 2 nitrogen and oxygen atoms in total. The first-order valence-corrected chi connectivity index (χ1v) is 4.29. The van der Waals surface area contributed by atoms with E-state index in [4.69, 9.17) is 0 Å². The fraction of sp³-hybridized carbons (Fsp3) is 0.273. The predicted octanol–water partition coefficient (Wildman–Crippen LogP) is 2.26. The van der Waals surface area contributed by atoms with E-state index in [0.717, 1.165) is 16.9 Å². The van der Waals surface area contributed by atoms with Crippen LogP contribution in [-0.4, -0.2) is 26.0 Å². The summed E-state index contributed by atoms with van der Waals surface area (Å²) in [7, 11) is 5.90. The van der Waals surface area contributed by atoms with E-state index in [1.807, 2.05) is 38.2 Å². The Morgan fingerprint density at radius 2 is 1.77 bits per heavy atom. The molecule has 0 aliphatic heterocycles. The van der Waals surface area contributed by atoms with E-state index in [1.165, 1.54) is 0 Å². The van der Waals surface area contributed by atoms with E-state index in [0.29, 0.717) is 0 Å². The highest BCUT2D eigenvalue weighted by Crippen LogP contribution is 2.16. The minimum atomic E-state index is 1.03. The molecule has 0 fully saturated rings. The Kier molecular flexibility index (Phi) is 2.96. The quantitative estimate of drug-likeness (QED) is 0.760. The summed E-state index contributed by atoms with van der Waals surface area (Å²) in [6, 6.07) is 8.22. The molecule has 1 aromatic carbocycles. The summed E-state index contributed by atoms with van der Waals surface area (Å²) in [6.45, 7) is 3.99. The van der Waals surface area contributed by atoms with Gasteiger partial charge in [-0.1, -0.05) is 18.7 Å². The lowest BCUT2D eigenvalue weighted by Crippen LogP contribution is -2.08. The van der Waals surface area contributed by atoms with Crippen molar-refractivity contribution in [1.82, 2.24) is 4.90 Å². The minimum Gasteiger partial charge on any atom is -0.388 e. The Balaban J connectivity index is 2.86. The van der Waals surface area contributed by atoms with Gasteiger partial charge in [0, 0.05) is 32.5 Å². The van der Waals surface area contributed by atoms with Gasteiger partial charge in [-0.05, 0) is 17.7 Å². The van der Waals surface area contributed by atoms with Gasteiger partial charge in [-0.3, -0.25) is 0 Å².